The Balaban J connectivity index is 2.45. The predicted molar refractivity (Wildman–Crippen MR) is 78.8 cm³/mol. The quantitative estimate of drug-likeness (QED) is 0.876. The summed E-state index contributed by atoms with van der Waals surface area (Å²) in [4.78, 5) is 11.3. The second-order valence-electron chi connectivity index (χ2n) is 4.17. The number of amides is 1. The van der Waals surface area contributed by atoms with Crippen LogP contribution in [0.1, 0.15) is 10.4 Å². The summed E-state index contributed by atoms with van der Waals surface area (Å²) >= 11 is 0. The first kappa shape index (κ1) is 14.9. The highest BCUT2D eigenvalue weighted by Gasteiger charge is 2.21. The number of rotatable bonds is 5. The van der Waals surface area contributed by atoms with E-state index in [1.54, 1.807) is 24.3 Å². The molecule has 7 heteroatoms. The topological polar surface area (TPSA) is 98.5 Å². The fourth-order valence-corrected chi connectivity index (χ4v) is 3.08. The van der Waals surface area contributed by atoms with Crippen molar-refractivity contribution in [1.82, 2.24) is 0 Å². The van der Waals surface area contributed by atoms with Gasteiger partial charge in [0, 0.05) is 0 Å². The molecule has 2 aromatic carbocycles. The molecule has 0 aromatic heterocycles. The maximum Gasteiger partial charge on any atom is 0.265 e. The standard InChI is InChI=1S/C14H14N2O4S/c1-20-12-8-4-5-9-13(12)21(18,19)16-11-7-3-2-6-10(11)14(15)17/h2-9,16H,1H3,(H2,15,17). The van der Waals surface area contributed by atoms with Crippen LogP contribution in [0.5, 0.6) is 5.75 Å². The number of para-hydroxylation sites is 2. The van der Waals surface area contributed by atoms with Crippen LogP contribution in [0.3, 0.4) is 0 Å². The van der Waals surface area contributed by atoms with Crippen LogP contribution in [0, 0.1) is 0 Å². The number of ether oxygens (including phenoxy) is 1. The number of carbonyl (C=O) groups is 1. The van der Waals surface area contributed by atoms with Crippen molar-refractivity contribution < 1.29 is 17.9 Å². The zero-order chi connectivity index (χ0) is 15.5. The highest BCUT2D eigenvalue weighted by Crippen LogP contribution is 2.26. The highest BCUT2D eigenvalue weighted by atomic mass is 32.2. The van der Waals surface area contributed by atoms with Crippen molar-refractivity contribution in [3.8, 4) is 5.75 Å². The monoisotopic (exact) mass is 306 g/mol. The molecule has 110 valence electrons. The second kappa shape index (κ2) is 5.84. The normalized spacial score (nSPS) is 10.9. The number of benzene rings is 2. The average molecular weight is 306 g/mol. The molecule has 0 saturated heterocycles. The van der Waals surface area contributed by atoms with Gasteiger partial charge in [-0.15, -0.1) is 0 Å². The van der Waals surface area contributed by atoms with E-state index in [-0.39, 0.29) is 21.9 Å². The summed E-state index contributed by atoms with van der Waals surface area (Å²) < 4.78 is 32.2. The molecule has 0 aliphatic rings. The lowest BCUT2D eigenvalue weighted by Crippen LogP contribution is -2.19. The number of nitrogens with two attached hydrogens (primary N) is 1. The zero-order valence-electron chi connectivity index (χ0n) is 11.2. The molecule has 2 aromatic rings. The van der Waals surface area contributed by atoms with Gasteiger partial charge in [0.25, 0.3) is 15.9 Å². The number of hydrogen-bond acceptors (Lipinski definition) is 4. The first-order chi connectivity index (χ1) is 9.95. The number of anilines is 1. The Kier molecular flexibility index (Phi) is 4.13. The van der Waals surface area contributed by atoms with E-state index in [0.29, 0.717) is 0 Å². The minimum absolute atomic E-state index is 0.0215. The van der Waals surface area contributed by atoms with E-state index in [1.807, 2.05) is 0 Å². The van der Waals surface area contributed by atoms with E-state index in [2.05, 4.69) is 4.72 Å². The lowest BCUT2D eigenvalue weighted by atomic mass is 10.2. The minimum Gasteiger partial charge on any atom is -0.495 e. The summed E-state index contributed by atoms with van der Waals surface area (Å²) in [5.74, 6) is -0.505. The van der Waals surface area contributed by atoms with Gasteiger partial charge in [0.1, 0.15) is 10.6 Å². The van der Waals surface area contributed by atoms with Crippen molar-refractivity contribution in [2.75, 3.05) is 11.8 Å². The van der Waals surface area contributed by atoms with Gasteiger partial charge in [0.2, 0.25) is 0 Å². The molecule has 0 unspecified atom stereocenters. The molecule has 0 radical (unpaired) electrons. The van der Waals surface area contributed by atoms with Crippen LogP contribution in [-0.4, -0.2) is 21.4 Å². The third kappa shape index (κ3) is 3.14. The van der Waals surface area contributed by atoms with Gasteiger partial charge in [0.15, 0.2) is 0 Å². The third-order valence-corrected chi connectivity index (χ3v) is 4.20. The molecular formula is C14H14N2O4S. The van der Waals surface area contributed by atoms with Crippen molar-refractivity contribution in [1.29, 1.82) is 0 Å². The van der Waals surface area contributed by atoms with E-state index in [9.17, 15) is 13.2 Å². The third-order valence-electron chi connectivity index (χ3n) is 2.80. The Morgan fingerprint density at radius 1 is 1.10 bits per heavy atom. The Morgan fingerprint density at radius 3 is 2.38 bits per heavy atom. The second-order valence-corrected chi connectivity index (χ2v) is 5.82. The number of sulfonamides is 1. The molecule has 2 rings (SSSR count). The molecular weight excluding hydrogens is 292 g/mol. The molecule has 0 aliphatic carbocycles. The van der Waals surface area contributed by atoms with E-state index >= 15 is 0 Å². The maximum atomic E-state index is 12.4. The first-order valence-electron chi connectivity index (χ1n) is 6.00. The number of carbonyl (C=O) groups excluding carboxylic acids is 1. The first-order valence-corrected chi connectivity index (χ1v) is 7.48. The van der Waals surface area contributed by atoms with Crippen LogP contribution in [0.2, 0.25) is 0 Å². The summed E-state index contributed by atoms with van der Waals surface area (Å²) in [5.41, 5.74) is 5.44. The van der Waals surface area contributed by atoms with Gasteiger partial charge in [-0.1, -0.05) is 24.3 Å². The summed E-state index contributed by atoms with van der Waals surface area (Å²) in [5, 5.41) is 0. The lowest BCUT2D eigenvalue weighted by Gasteiger charge is -2.13. The fourth-order valence-electron chi connectivity index (χ4n) is 1.83. The minimum atomic E-state index is -3.89. The zero-order valence-corrected chi connectivity index (χ0v) is 12.1. The Bertz CT molecular complexity index is 772. The maximum absolute atomic E-state index is 12.4. The molecule has 0 heterocycles. The van der Waals surface area contributed by atoms with E-state index in [4.69, 9.17) is 10.5 Å². The van der Waals surface area contributed by atoms with Crippen molar-refractivity contribution in [3.63, 3.8) is 0 Å². The summed E-state index contributed by atoms with van der Waals surface area (Å²) in [6.07, 6.45) is 0. The average Bonchev–Trinajstić information content (AvgIpc) is 2.47. The molecule has 1 amide bonds. The number of hydrogen-bond donors (Lipinski definition) is 2. The lowest BCUT2D eigenvalue weighted by molar-refractivity contribution is 0.100. The van der Waals surface area contributed by atoms with E-state index < -0.39 is 15.9 Å². The van der Waals surface area contributed by atoms with Crippen LogP contribution in [0.25, 0.3) is 0 Å². The van der Waals surface area contributed by atoms with Crippen LogP contribution in [-0.2, 0) is 10.0 Å². The van der Waals surface area contributed by atoms with Gasteiger partial charge in [-0.25, -0.2) is 8.42 Å². The predicted octanol–water partition coefficient (Wildman–Crippen LogP) is 1.59. The summed E-state index contributed by atoms with van der Waals surface area (Å²) in [6, 6.07) is 12.3. The number of primary amides is 1. The van der Waals surface area contributed by atoms with Gasteiger partial charge in [-0.3, -0.25) is 9.52 Å². The molecule has 0 spiro atoms. The molecule has 0 fully saturated rings. The summed E-state index contributed by atoms with van der Waals surface area (Å²) in [6.45, 7) is 0. The molecule has 6 nitrogen and oxygen atoms in total. The van der Waals surface area contributed by atoms with Gasteiger partial charge >= 0.3 is 0 Å². The SMILES string of the molecule is COc1ccccc1S(=O)(=O)Nc1ccccc1C(N)=O. The van der Waals surface area contributed by atoms with Gasteiger partial charge in [0.05, 0.1) is 18.4 Å². The molecule has 0 bridgehead atoms. The van der Waals surface area contributed by atoms with Crippen LogP contribution < -0.4 is 15.2 Å². The van der Waals surface area contributed by atoms with Crippen molar-refractivity contribution >= 4 is 21.6 Å². The van der Waals surface area contributed by atoms with Crippen molar-refractivity contribution in [2.24, 2.45) is 5.73 Å². The Hall–Kier alpha value is -2.54. The van der Waals surface area contributed by atoms with Gasteiger partial charge in [-0.05, 0) is 24.3 Å². The molecule has 21 heavy (non-hydrogen) atoms. The number of methoxy groups -OCH3 is 1. The van der Waals surface area contributed by atoms with E-state index in [1.165, 1.54) is 31.4 Å². The molecule has 0 atom stereocenters. The summed E-state index contributed by atoms with van der Waals surface area (Å²) in [7, 11) is -2.51. The van der Waals surface area contributed by atoms with E-state index in [0.717, 1.165) is 0 Å². The smallest absolute Gasteiger partial charge is 0.265 e. The van der Waals surface area contributed by atoms with Crippen molar-refractivity contribution in [2.45, 2.75) is 4.90 Å². The van der Waals surface area contributed by atoms with Crippen LogP contribution >= 0.6 is 0 Å². The molecule has 0 aliphatic heterocycles. The fraction of sp³-hybridized carbons (Fsp3) is 0.0714. The molecule has 3 N–H and O–H groups in total. The molecule has 0 saturated carbocycles. The van der Waals surface area contributed by atoms with Gasteiger partial charge < -0.3 is 10.5 Å². The largest absolute Gasteiger partial charge is 0.495 e. The number of nitrogens with one attached hydrogen (secondary N) is 1. The van der Waals surface area contributed by atoms with Crippen LogP contribution in [0.4, 0.5) is 5.69 Å². The Labute approximate surface area is 122 Å². The highest BCUT2D eigenvalue weighted by molar-refractivity contribution is 7.92. The van der Waals surface area contributed by atoms with Gasteiger partial charge in [-0.2, -0.15) is 0 Å². The Morgan fingerprint density at radius 2 is 1.71 bits per heavy atom. The van der Waals surface area contributed by atoms with Crippen molar-refractivity contribution in [3.05, 3.63) is 54.1 Å². The van der Waals surface area contributed by atoms with Crippen LogP contribution in [0.15, 0.2) is 53.4 Å².